The van der Waals surface area contributed by atoms with Crippen LogP contribution < -0.4 is 0 Å². The van der Waals surface area contributed by atoms with Gasteiger partial charge in [-0.1, -0.05) is 29.4 Å². The van der Waals surface area contributed by atoms with Crippen LogP contribution in [-0.4, -0.2) is 81.2 Å². The van der Waals surface area contributed by atoms with Gasteiger partial charge < -0.3 is 14.2 Å². The highest BCUT2D eigenvalue weighted by atomic mass is 16.6. The Morgan fingerprint density at radius 2 is 1.85 bits per heavy atom. The zero-order chi connectivity index (χ0) is 23.6. The van der Waals surface area contributed by atoms with Gasteiger partial charge in [-0.15, -0.1) is 0 Å². The van der Waals surface area contributed by atoms with E-state index in [9.17, 15) is 9.59 Å². The molecule has 9 heteroatoms. The summed E-state index contributed by atoms with van der Waals surface area (Å²) in [6.45, 7) is 11.3. The number of hydrogen-bond acceptors (Lipinski definition) is 7. The van der Waals surface area contributed by atoms with Crippen molar-refractivity contribution in [2.75, 3.05) is 32.7 Å². The summed E-state index contributed by atoms with van der Waals surface area (Å²) in [5.41, 5.74) is 1.49. The summed E-state index contributed by atoms with van der Waals surface area (Å²) in [6, 6.07) is 7.52. The Hall–Kier alpha value is -2.94. The first-order chi connectivity index (χ1) is 15.7. The van der Waals surface area contributed by atoms with Crippen LogP contribution in [0.3, 0.4) is 0 Å². The van der Waals surface area contributed by atoms with Crippen molar-refractivity contribution in [3.8, 4) is 11.4 Å². The fourth-order valence-corrected chi connectivity index (χ4v) is 4.34. The van der Waals surface area contributed by atoms with E-state index in [2.05, 4.69) is 15.0 Å². The predicted octanol–water partition coefficient (Wildman–Crippen LogP) is 3.09. The third-order valence-corrected chi connectivity index (χ3v) is 6.06. The first-order valence-electron chi connectivity index (χ1n) is 11.6. The smallest absolute Gasteiger partial charge is 0.410 e. The fraction of sp³-hybridized carbons (Fsp3) is 0.583. The first kappa shape index (κ1) is 23.2. The summed E-state index contributed by atoms with van der Waals surface area (Å²) in [4.78, 5) is 35.9. The van der Waals surface area contributed by atoms with Crippen LogP contribution in [0.1, 0.15) is 45.1 Å². The molecule has 9 nitrogen and oxygen atoms in total. The second-order valence-corrected chi connectivity index (χ2v) is 9.76. The average molecular weight is 456 g/mol. The van der Waals surface area contributed by atoms with Gasteiger partial charge in [-0.3, -0.25) is 14.6 Å². The highest BCUT2D eigenvalue weighted by molar-refractivity contribution is 5.86. The number of aryl methyl sites for hydroxylation is 1. The van der Waals surface area contributed by atoms with Crippen LogP contribution in [0.2, 0.25) is 0 Å². The maximum absolute atomic E-state index is 13.2. The molecule has 33 heavy (non-hydrogen) atoms. The molecule has 2 fully saturated rings. The topological polar surface area (TPSA) is 92.0 Å². The van der Waals surface area contributed by atoms with Gasteiger partial charge in [0.1, 0.15) is 11.6 Å². The maximum Gasteiger partial charge on any atom is 0.410 e. The molecule has 1 aromatic heterocycles. The van der Waals surface area contributed by atoms with Crippen LogP contribution in [0, 0.1) is 6.92 Å². The highest BCUT2D eigenvalue weighted by Crippen LogP contribution is 2.24. The predicted molar refractivity (Wildman–Crippen MR) is 122 cm³/mol. The molecule has 1 atom stereocenters. The van der Waals surface area contributed by atoms with Crippen molar-refractivity contribution in [3.63, 3.8) is 0 Å². The first-order valence-corrected chi connectivity index (χ1v) is 11.6. The van der Waals surface area contributed by atoms with Crippen molar-refractivity contribution in [2.24, 2.45) is 0 Å². The van der Waals surface area contributed by atoms with Gasteiger partial charge in [0.05, 0.1) is 6.54 Å². The summed E-state index contributed by atoms with van der Waals surface area (Å²) in [5.74, 6) is 1.18. The standard InChI is InChI=1S/C24H33N5O4/c1-17-8-5-6-9-18(17)21-25-20(33-26-21)16-27-12-14-28(15-13-27)22(30)19-10-7-11-29(19)23(31)32-24(2,3)4/h5-6,8-9,19H,7,10-16H2,1-4H3. The molecule has 0 radical (unpaired) electrons. The van der Waals surface area contributed by atoms with Crippen LogP contribution in [0.25, 0.3) is 11.4 Å². The largest absolute Gasteiger partial charge is 0.444 e. The monoisotopic (exact) mass is 455 g/mol. The van der Waals surface area contributed by atoms with E-state index in [-0.39, 0.29) is 5.91 Å². The van der Waals surface area contributed by atoms with Gasteiger partial charge in [0.25, 0.3) is 0 Å². The molecular weight excluding hydrogens is 422 g/mol. The summed E-state index contributed by atoms with van der Waals surface area (Å²) >= 11 is 0. The SMILES string of the molecule is Cc1ccccc1-c1noc(CN2CCN(C(=O)C3CCCN3C(=O)OC(C)(C)C)CC2)n1. The second kappa shape index (κ2) is 9.51. The second-order valence-electron chi connectivity index (χ2n) is 9.76. The Balaban J connectivity index is 1.30. The van der Waals surface area contributed by atoms with Gasteiger partial charge in [0, 0.05) is 38.3 Å². The lowest BCUT2D eigenvalue weighted by Gasteiger charge is -2.37. The molecule has 4 rings (SSSR count). The number of ether oxygens (including phenoxy) is 1. The molecule has 2 aliphatic rings. The molecule has 0 bridgehead atoms. The van der Waals surface area contributed by atoms with Gasteiger partial charge >= 0.3 is 6.09 Å². The minimum atomic E-state index is -0.577. The Kier molecular flexibility index (Phi) is 6.69. The molecular formula is C24H33N5O4. The quantitative estimate of drug-likeness (QED) is 0.699. The van der Waals surface area contributed by atoms with E-state index < -0.39 is 17.7 Å². The Morgan fingerprint density at radius 1 is 1.12 bits per heavy atom. The third-order valence-electron chi connectivity index (χ3n) is 6.06. The van der Waals surface area contributed by atoms with E-state index in [1.54, 1.807) is 4.90 Å². The molecule has 0 N–H and O–H groups in total. The van der Waals surface area contributed by atoms with Crippen molar-refractivity contribution in [1.82, 2.24) is 24.8 Å². The summed E-state index contributed by atoms with van der Waals surface area (Å²) in [7, 11) is 0. The van der Waals surface area contributed by atoms with Gasteiger partial charge in [-0.25, -0.2) is 4.79 Å². The van der Waals surface area contributed by atoms with Gasteiger partial charge in [-0.2, -0.15) is 4.98 Å². The lowest BCUT2D eigenvalue weighted by molar-refractivity contribution is -0.137. The lowest BCUT2D eigenvalue weighted by Crippen LogP contribution is -2.54. The van der Waals surface area contributed by atoms with E-state index in [1.807, 2.05) is 56.9 Å². The number of piperazine rings is 1. The van der Waals surface area contributed by atoms with Crippen molar-refractivity contribution in [2.45, 2.75) is 58.7 Å². The Bertz CT molecular complexity index is 991. The number of hydrogen-bond donors (Lipinski definition) is 0. The average Bonchev–Trinajstić information content (AvgIpc) is 3.43. The van der Waals surface area contributed by atoms with Crippen molar-refractivity contribution >= 4 is 12.0 Å². The minimum Gasteiger partial charge on any atom is -0.444 e. The molecule has 0 saturated carbocycles. The van der Waals surface area contributed by atoms with E-state index in [0.717, 1.165) is 17.5 Å². The minimum absolute atomic E-state index is 0.0117. The molecule has 3 heterocycles. The maximum atomic E-state index is 13.2. The summed E-state index contributed by atoms with van der Waals surface area (Å²) in [5, 5.41) is 4.13. The van der Waals surface area contributed by atoms with Crippen molar-refractivity contribution in [3.05, 3.63) is 35.7 Å². The zero-order valence-electron chi connectivity index (χ0n) is 19.9. The molecule has 1 unspecified atom stereocenters. The van der Waals surface area contributed by atoms with Crippen LogP contribution in [0.4, 0.5) is 4.79 Å². The number of carbonyl (C=O) groups is 2. The molecule has 178 valence electrons. The number of carbonyl (C=O) groups excluding carboxylic acids is 2. The van der Waals surface area contributed by atoms with Crippen molar-refractivity contribution in [1.29, 1.82) is 0 Å². The molecule has 2 aromatic rings. The van der Waals surface area contributed by atoms with Crippen LogP contribution in [-0.2, 0) is 16.1 Å². The molecule has 2 amide bonds. The summed E-state index contributed by atoms with van der Waals surface area (Å²) in [6.07, 6.45) is 1.09. The zero-order valence-corrected chi connectivity index (χ0v) is 19.9. The van der Waals surface area contributed by atoms with Gasteiger partial charge in [0.15, 0.2) is 0 Å². The number of likely N-dealkylation sites (tertiary alicyclic amines) is 1. The number of aromatic nitrogens is 2. The van der Waals surface area contributed by atoms with Crippen LogP contribution >= 0.6 is 0 Å². The Labute approximate surface area is 194 Å². The lowest BCUT2D eigenvalue weighted by atomic mass is 10.1. The van der Waals surface area contributed by atoms with Crippen LogP contribution in [0.5, 0.6) is 0 Å². The molecule has 2 saturated heterocycles. The number of rotatable bonds is 4. The van der Waals surface area contributed by atoms with Crippen LogP contribution in [0.15, 0.2) is 28.8 Å². The van der Waals surface area contributed by atoms with Crippen molar-refractivity contribution < 1.29 is 18.8 Å². The molecule has 2 aliphatic heterocycles. The van der Waals surface area contributed by atoms with Gasteiger partial charge in [0.2, 0.25) is 17.6 Å². The van der Waals surface area contributed by atoms with E-state index in [1.165, 1.54) is 0 Å². The number of nitrogens with zero attached hydrogens (tertiary/aromatic N) is 5. The fourth-order valence-electron chi connectivity index (χ4n) is 4.34. The normalized spacial score (nSPS) is 19.7. The Morgan fingerprint density at radius 3 is 2.55 bits per heavy atom. The summed E-state index contributed by atoms with van der Waals surface area (Å²) < 4.78 is 11.0. The molecule has 0 spiro atoms. The van der Waals surface area contributed by atoms with E-state index in [4.69, 9.17) is 9.26 Å². The number of benzene rings is 1. The van der Waals surface area contributed by atoms with E-state index in [0.29, 0.717) is 57.4 Å². The van der Waals surface area contributed by atoms with E-state index >= 15 is 0 Å². The number of amides is 2. The third kappa shape index (κ3) is 5.52. The highest BCUT2D eigenvalue weighted by Gasteiger charge is 2.39. The molecule has 1 aromatic carbocycles. The molecule has 0 aliphatic carbocycles. The van der Waals surface area contributed by atoms with Gasteiger partial charge in [-0.05, 0) is 46.1 Å².